The van der Waals surface area contributed by atoms with Crippen molar-refractivity contribution < 1.29 is 27.6 Å². The standard InChI is InChI=1S/C19H16F3N3O3S/c1-10(26)23-12-7-6-11(19(20,21)22)8-14(12)24-17(27)9-16-18(28)25-13-4-2-3-5-15(13)29-16/h2-8,16H,9H2,1H3,(H,23,26)(H,24,27)(H,25,28). The number of hydrogen-bond acceptors (Lipinski definition) is 4. The average Bonchev–Trinajstić information content (AvgIpc) is 2.62. The molecule has 0 radical (unpaired) electrons. The Bertz CT molecular complexity index is 979. The van der Waals surface area contributed by atoms with Crippen LogP contribution in [0.25, 0.3) is 0 Å². The molecule has 0 saturated heterocycles. The van der Waals surface area contributed by atoms with Crippen molar-refractivity contribution in [2.24, 2.45) is 0 Å². The summed E-state index contributed by atoms with van der Waals surface area (Å²) in [5, 5.41) is 6.71. The van der Waals surface area contributed by atoms with Crippen LogP contribution >= 0.6 is 11.8 Å². The second kappa shape index (κ2) is 8.16. The largest absolute Gasteiger partial charge is 0.416 e. The molecule has 0 spiro atoms. The molecule has 0 aromatic heterocycles. The van der Waals surface area contributed by atoms with Gasteiger partial charge in [-0.15, -0.1) is 11.8 Å². The SMILES string of the molecule is CC(=O)Nc1ccc(C(F)(F)F)cc1NC(=O)CC1Sc2ccccc2NC1=O. The lowest BCUT2D eigenvalue weighted by atomic mass is 10.1. The zero-order chi connectivity index (χ0) is 21.2. The summed E-state index contributed by atoms with van der Waals surface area (Å²) in [6.45, 7) is 1.20. The topological polar surface area (TPSA) is 87.3 Å². The first-order valence-corrected chi connectivity index (χ1v) is 9.36. The first-order valence-electron chi connectivity index (χ1n) is 8.49. The van der Waals surface area contributed by atoms with Crippen molar-refractivity contribution in [1.82, 2.24) is 0 Å². The van der Waals surface area contributed by atoms with E-state index in [2.05, 4.69) is 16.0 Å². The number of rotatable bonds is 4. The van der Waals surface area contributed by atoms with E-state index in [1.807, 2.05) is 0 Å². The number of fused-ring (bicyclic) bond motifs is 1. The average molecular weight is 423 g/mol. The van der Waals surface area contributed by atoms with Gasteiger partial charge in [-0.05, 0) is 30.3 Å². The Labute approximate surface area is 168 Å². The molecule has 2 aromatic carbocycles. The molecular weight excluding hydrogens is 407 g/mol. The van der Waals surface area contributed by atoms with Crippen LogP contribution in [0.5, 0.6) is 0 Å². The summed E-state index contributed by atoms with van der Waals surface area (Å²) in [5.41, 5.74) is -0.489. The van der Waals surface area contributed by atoms with Crippen molar-refractivity contribution in [3.05, 3.63) is 48.0 Å². The van der Waals surface area contributed by atoms with Crippen molar-refractivity contribution in [2.45, 2.75) is 29.7 Å². The Kier molecular flexibility index (Phi) is 5.83. The van der Waals surface area contributed by atoms with E-state index in [0.717, 1.165) is 23.1 Å². The van der Waals surface area contributed by atoms with E-state index < -0.39 is 28.8 Å². The van der Waals surface area contributed by atoms with Crippen molar-refractivity contribution >= 4 is 46.5 Å². The van der Waals surface area contributed by atoms with Crippen LogP contribution in [-0.4, -0.2) is 23.0 Å². The quantitative estimate of drug-likeness (QED) is 0.691. The summed E-state index contributed by atoms with van der Waals surface area (Å²) >= 11 is 1.20. The Morgan fingerprint density at radius 3 is 2.52 bits per heavy atom. The number of amides is 3. The van der Waals surface area contributed by atoms with Crippen LogP contribution in [-0.2, 0) is 20.6 Å². The van der Waals surface area contributed by atoms with Crippen LogP contribution in [0, 0.1) is 0 Å². The number of carbonyl (C=O) groups excluding carboxylic acids is 3. The zero-order valence-corrected chi connectivity index (χ0v) is 15.9. The van der Waals surface area contributed by atoms with E-state index >= 15 is 0 Å². The van der Waals surface area contributed by atoms with Gasteiger partial charge in [0.1, 0.15) is 0 Å². The van der Waals surface area contributed by atoms with Gasteiger partial charge >= 0.3 is 6.18 Å². The molecular formula is C19H16F3N3O3S. The number of carbonyl (C=O) groups is 3. The van der Waals surface area contributed by atoms with Gasteiger partial charge in [0.15, 0.2) is 0 Å². The maximum Gasteiger partial charge on any atom is 0.416 e. The van der Waals surface area contributed by atoms with Crippen molar-refractivity contribution in [1.29, 1.82) is 0 Å². The number of para-hydroxylation sites is 1. The summed E-state index contributed by atoms with van der Waals surface area (Å²) in [7, 11) is 0. The van der Waals surface area contributed by atoms with Crippen LogP contribution in [0.15, 0.2) is 47.4 Å². The van der Waals surface area contributed by atoms with Gasteiger partial charge in [-0.25, -0.2) is 0 Å². The van der Waals surface area contributed by atoms with Gasteiger partial charge < -0.3 is 16.0 Å². The highest BCUT2D eigenvalue weighted by Crippen LogP contribution is 2.37. The monoisotopic (exact) mass is 423 g/mol. The first kappa shape index (κ1) is 20.7. The third-order valence-corrected chi connectivity index (χ3v) is 5.28. The van der Waals surface area contributed by atoms with E-state index in [4.69, 9.17) is 0 Å². The van der Waals surface area contributed by atoms with E-state index in [1.165, 1.54) is 18.7 Å². The van der Waals surface area contributed by atoms with Gasteiger partial charge in [0.2, 0.25) is 17.7 Å². The van der Waals surface area contributed by atoms with Crippen LogP contribution in [0.4, 0.5) is 30.2 Å². The summed E-state index contributed by atoms with van der Waals surface area (Å²) in [4.78, 5) is 36.8. The molecule has 6 nitrogen and oxygen atoms in total. The number of halogens is 3. The van der Waals surface area contributed by atoms with E-state index in [9.17, 15) is 27.6 Å². The Balaban J connectivity index is 1.77. The van der Waals surface area contributed by atoms with Gasteiger partial charge in [-0.1, -0.05) is 12.1 Å². The minimum atomic E-state index is -4.61. The van der Waals surface area contributed by atoms with E-state index in [0.29, 0.717) is 5.69 Å². The molecule has 1 aliphatic rings. The lowest BCUT2D eigenvalue weighted by Crippen LogP contribution is -2.32. The third-order valence-electron chi connectivity index (χ3n) is 4.01. The Morgan fingerprint density at radius 2 is 1.83 bits per heavy atom. The highest BCUT2D eigenvalue weighted by Gasteiger charge is 2.32. The highest BCUT2D eigenvalue weighted by molar-refractivity contribution is 8.01. The van der Waals surface area contributed by atoms with E-state index in [1.54, 1.807) is 24.3 Å². The smallest absolute Gasteiger partial charge is 0.325 e. The van der Waals surface area contributed by atoms with Crippen LogP contribution in [0.3, 0.4) is 0 Å². The van der Waals surface area contributed by atoms with Gasteiger partial charge in [0, 0.05) is 18.2 Å². The van der Waals surface area contributed by atoms with Gasteiger partial charge in [-0.3, -0.25) is 14.4 Å². The fourth-order valence-corrected chi connectivity index (χ4v) is 3.83. The van der Waals surface area contributed by atoms with Gasteiger partial charge in [0.25, 0.3) is 0 Å². The second-order valence-corrected chi connectivity index (χ2v) is 7.53. The molecule has 0 bridgehead atoms. The number of benzene rings is 2. The van der Waals surface area contributed by atoms with Gasteiger partial charge in [-0.2, -0.15) is 13.2 Å². The van der Waals surface area contributed by atoms with Crippen molar-refractivity contribution in [3.8, 4) is 0 Å². The molecule has 1 unspecified atom stereocenters. The number of hydrogen-bond donors (Lipinski definition) is 3. The number of thioether (sulfide) groups is 1. The second-order valence-electron chi connectivity index (χ2n) is 6.28. The van der Waals surface area contributed by atoms with Crippen LogP contribution in [0.2, 0.25) is 0 Å². The maximum absolute atomic E-state index is 13.0. The molecule has 29 heavy (non-hydrogen) atoms. The maximum atomic E-state index is 13.0. The lowest BCUT2D eigenvalue weighted by Gasteiger charge is -2.23. The molecule has 152 valence electrons. The Hall–Kier alpha value is -3.01. The molecule has 1 atom stereocenters. The lowest BCUT2D eigenvalue weighted by molar-refractivity contribution is -0.137. The molecule has 0 fully saturated rings. The molecule has 1 heterocycles. The van der Waals surface area contributed by atoms with Crippen molar-refractivity contribution in [3.63, 3.8) is 0 Å². The first-order chi connectivity index (χ1) is 13.6. The molecule has 0 aliphatic carbocycles. The summed E-state index contributed by atoms with van der Waals surface area (Å²) < 4.78 is 39.0. The van der Waals surface area contributed by atoms with Crippen LogP contribution in [0.1, 0.15) is 18.9 Å². The fourth-order valence-electron chi connectivity index (χ4n) is 2.72. The number of anilines is 3. The zero-order valence-electron chi connectivity index (χ0n) is 15.1. The fraction of sp³-hybridized carbons (Fsp3) is 0.211. The molecule has 1 aliphatic heterocycles. The molecule has 3 amide bonds. The molecule has 0 saturated carbocycles. The predicted molar refractivity (Wildman–Crippen MR) is 104 cm³/mol. The Morgan fingerprint density at radius 1 is 1.10 bits per heavy atom. The van der Waals surface area contributed by atoms with Crippen molar-refractivity contribution in [2.75, 3.05) is 16.0 Å². The highest BCUT2D eigenvalue weighted by atomic mass is 32.2. The minimum Gasteiger partial charge on any atom is -0.325 e. The molecule has 3 N–H and O–H groups in total. The predicted octanol–water partition coefficient (Wildman–Crippen LogP) is 4.11. The van der Waals surface area contributed by atoms with E-state index in [-0.39, 0.29) is 23.7 Å². The van der Waals surface area contributed by atoms with Gasteiger partial charge in [0.05, 0.1) is 27.9 Å². The summed E-state index contributed by atoms with van der Waals surface area (Å²) in [5.74, 6) is -1.52. The molecule has 3 rings (SSSR count). The number of nitrogens with one attached hydrogen (secondary N) is 3. The normalized spacial score (nSPS) is 15.9. The minimum absolute atomic E-state index is 0.0324. The van der Waals surface area contributed by atoms with Crippen LogP contribution < -0.4 is 16.0 Å². The molecule has 10 heteroatoms. The summed E-state index contributed by atoms with van der Waals surface area (Å²) in [6, 6.07) is 9.71. The summed E-state index contributed by atoms with van der Waals surface area (Å²) in [6.07, 6.45) is -4.86. The molecule has 2 aromatic rings. The number of alkyl halides is 3. The third kappa shape index (κ3) is 5.08.